The quantitative estimate of drug-likeness (QED) is 0.599. The number of anilines is 1. The van der Waals surface area contributed by atoms with Crippen molar-refractivity contribution in [2.75, 3.05) is 11.4 Å². The fourth-order valence-corrected chi connectivity index (χ4v) is 3.59. The van der Waals surface area contributed by atoms with Gasteiger partial charge in [-0.25, -0.2) is 4.98 Å². The number of para-hydroxylation sites is 2. The van der Waals surface area contributed by atoms with Gasteiger partial charge in [0.15, 0.2) is 0 Å². The Morgan fingerprint density at radius 3 is 2.62 bits per heavy atom. The third-order valence-corrected chi connectivity index (χ3v) is 5.02. The molecule has 26 heavy (non-hydrogen) atoms. The lowest BCUT2D eigenvalue weighted by molar-refractivity contribution is -0.117. The van der Waals surface area contributed by atoms with E-state index in [0.717, 1.165) is 21.6 Å². The van der Waals surface area contributed by atoms with Crippen LogP contribution in [0.5, 0.6) is 0 Å². The highest BCUT2D eigenvalue weighted by Gasteiger charge is 2.23. The summed E-state index contributed by atoms with van der Waals surface area (Å²) in [5.41, 5.74) is 1.73. The van der Waals surface area contributed by atoms with E-state index >= 15 is 0 Å². The molecule has 0 aliphatic rings. The van der Waals surface area contributed by atoms with Gasteiger partial charge in [-0.15, -0.1) is 0 Å². The number of aromatic nitrogens is 1. The molecular weight excluding hydrogens is 342 g/mol. The Morgan fingerprint density at radius 1 is 1.12 bits per heavy atom. The molecule has 5 heteroatoms. The van der Waals surface area contributed by atoms with Crippen molar-refractivity contribution in [1.29, 1.82) is 5.26 Å². The van der Waals surface area contributed by atoms with E-state index < -0.39 is 0 Å². The minimum atomic E-state index is -0.303. The molecule has 0 unspecified atom stereocenters. The Morgan fingerprint density at radius 2 is 1.85 bits per heavy atom. The first kappa shape index (κ1) is 18.0. The van der Waals surface area contributed by atoms with E-state index in [1.807, 2.05) is 73.7 Å². The predicted molar refractivity (Wildman–Crippen MR) is 106 cm³/mol. The summed E-state index contributed by atoms with van der Waals surface area (Å²) < 4.78 is 0. The van der Waals surface area contributed by atoms with Gasteiger partial charge in [-0.05, 0) is 31.2 Å². The highest BCUT2D eigenvalue weighted by Crippen LogP contribution is 2.26. The molecule has 4 nitrogen and oxygen atoms in total. The highest BCUT2D eigenvalue weighted by atomic mass is 32.2. The monoisotopic (exact) mass is 361 g/mol. The second-order valence-corrected chi connectivity index (χ2v) is 7.20. The second-order valence-electron chi connectivity index (χ2n) is 5.84. The molecule has 0 spiro atoms. The molecule has 0 aliphatic heterocycles. The van der Waals surface area contributed by atoms with Gasteiger partial charge in [-0.2, -0.15) is 5.26 Å². The van der Waals surface area contributed by atoms with Crippen LogP contribution >= 0.6 is 11.8 Å². The molecule has 0 saturated heterocycles. The summed E-state index contributed by atoms with van der Waals surface area (Å²) in [5.74, 6) is -0.0218. The maximum atomic E-state index is 13.0. The van der Waals surface area contributed by atoms with E-state index in [1.165, 1.54) is 11.8 Å². The molecule has 1 heterocycles. The van der Waals surface area contributed by atoms with Gasteiger partial charge < -0.3 is 4.90 Å². The van der Waals surface area contributed by atoms with Crippen molar-refractivity contribution in [2.45, 2.75) is 23.6 Å². The number of fused-ring (bicyclic) bond motifs is 1. The summed E-state index contributed by atoms with van der Waals surface area (Å²) >= 11 is 1.44. The Balaban J connectivity index is 1.78. The second kappa shape index (κ2) is 8.50. The van der Waals surface area contributed by atoms with E-state index in [1.54, 1.807) is 4.90 Å². The van der Waals surface area contributed by atoms with Crippen LogP contribution in [0.15, 0.2) is 71.8 Å². The third kappa shape index (κ3) is 4.22. The first-order valence-electron chi connectivity index (χ1n) is 8.45. The summed E-state index contributed by atoms with van der Waals surface area (Å²) in [4.78, 5) is 19.3. The predicted octanol–water partition coefficient (Wildman–Crippen LogP) is 4.66. The van der Waals surface area contributed by atoms with Crippen LogP contribution in [-0.4, -0.2) is 22.7 Å². The normalized spacial score (nSPS) is 11.7. The first-order chi connectivity index (χ1) is 12.7. The van der Waals surface area contributed by atoms with Crippen molar-refractivity contribution in [3.8, 4) is 6.07 Å². The van der Waals surface area contributed by atoms with Crippen molar-refractivity contribution < 1.29 is 4.79 Å². The number of hydrogen-bond acceptors (Lipinski definition) is 4. The number of hydrogen-bond donors (Lipinski definition) is 0. The van der Waals surface area contributed by atoms with Gasteiger partial charge in [0.2, 0.25) is 5.91 Å². The molecule has 130 valence electrons. The average molecular weight is 361 g/mol. The lowest BCUT2D eigenvalue weighted by atomic mass is 10.2. The van der Waals surface area contributed by atoms with Gasteiger partial charge in [0.05, 0.1) is 28.3 Å². The number of benzene rings is 2. The molecule has 1 aromatic heterocycles. The molecule has 1 atom stereocenters. The number of carbonyl (C=O) groups excluding carboxylic acids is 1. The van der Waals surface area contributed by atoms with E-state index in [0.29, 0.717) is 13.0 Å². The SMILES string of the molecule is C[C@H](Sc1ccc2ccccc2n1)C(=O)N(CCC#N)c1ccccc1. The molecule has 0 radical (unpaired) electrons. The van der Waals surface area contributed by atoms with Crippen LogP contribution in [0, 0.1) is 11.3 Å². The fourth-order valence-electron chi connectivity index (χ4n) is 2.70. The Hall–Kier alpha value is -2.84. The smallest absolute Gasteiger partial charge is 0.240 e. The molecule has 3 aromatic rings. The topological polar surface area (TPSA) is 57.0 Å². The largest absolute Gasteiger partial charge is 0.310 e. The molecule has 0 N–H and O–H groups in total. The molecular formula is C21H19N3OS. The Kier molecular flexibility index (Phi) is 5.88. The van der Waals surface area contributed by atoms with Crippen molar-refractivity contribution in [3.05, 3.63) is 66.7 Å². The minimum absolute atomic E-state index is 0.0218. The van der Waals surface area contributed by atoms with Gasteiger partial charge in [0, 0.05) is 17.6 Å². The number of pyridine rings is 1. The minimum Gasteiger partial charge on any atom is -0.310 e. The van der Waals surface area contributed by atoms with Crippen LogP contribution in [-0.2, 0) is 4.79 Å². The van der Waals surface area contributed by atoms with Gasteiger partial charge in [0.1, 0.15) is 0 Å². The Bertz CT molecular complexity index is 937. The molecule has 1 amide bonds. The highest BCUT2D eigenvalue weighted by molar-refractivity contribution is 8.00. The first-order valence-corrected chi connectivity index (χ1v) is 9.33. The van der Waals surface area contributed by atoms with Crippen LogP contribution in [0.3, 0.4) is 0 Å². The summed E-state index contributed by atoms with van der Waals surface area (Å²) in [5, 5.41) is 10.5. The maximum absolute atomic E-state index is 13.0. The lowest BCUT2D eigenvalue weighted by Crippen LogP contribution is -2.37. The van der Waals surface area contributed by atoms with Crippen molar-refractivity contribution in [3.63, 3.8) is 0 Å². The number of nitriles is 1. The van der Waals surface area contributed by atoms with Crippen LogP contribution in [0.1, 0.15) is 13.3 Å². The number of thioether (sulfide) groups is 1. The summed E-state index contributed by atoms with van der Waals surface area (Å²) in [6, 6.07) is 23.5. The van der Waals surface area contributed by atoms with Crippen molar-refractivity contribution in [2.24, 2.45) is 0 Å². The molecule has 2 aromatic carbocycles. The van der Waals surface area contributed by atoms with E-state index in [2.05, 4.69) is 11.1 Å². The van der Waals surface area contributed by atoms with Crippen LogP contribution in [0.25, 0.3) is 10.9 Å². The fraction of sp³-hybridized carbons (Fsp3) is 0.190. The molecule has 0 fully saturated rings. The molecule has 0 bridgehead atoms. The van der Waals surface area contributed by atoms with E-state index in [9.17, 15) is 4.79 Å². The molecule has 0 aliphatic carbocycles. The van der Waals surface area contributed by atoms with Gasteiger partial charge in [0.25, 0.3) is 0 Å². The molecule has 3 rings (SSSR count). The molecule has 0 saturated carbocycles. The summed E-state index contributed by atoms with van der Waals surface area (Å²) in [7, 11) is 0. The maximum Gasteiger partial charge on any atom is 0.240 e. The summed E-state index contributed by atoms with van der Waals surface area (Å²) in [6.45, 7) is 2.27. The number of rotatable bonds is 6. The van der Waals surface area contributed by atoms with Crippen LogP contribution in [0.4, 0.5) is 5.69 Å². The third-order valence-electron chi connectivity index (χ3n) is 4.00. The number of amides is 1. The van der Waals surface area contributed by atoms with Gasteiger partial charge in [-0.1, -0.05) is 54.2 Å². The van der Waals surface area contributed by atoms with Crippen LogP contribution in [0.2, 0.25) is 0 Å². The van der Waals surface area contributed by atoms with E-state index in [4.69, 9.17) is 5.26 Å². The zero-order chi connectivity index (χ0) is 18.4. The van der Waals surface area contributed by atoms with E-state index in [-0.39, 0.29) is 11.2 Å². The zero-order valence-corrected chi connectivity index (χ0v) is 15.3. The number of carbonyl (C=O) groups is 1. The standard InChI is InChI=1S/C21H19N3OS/c1-16(26-20-13-12-17-8-5-6-11-19(17)23-20)21(25)24(15-7-14-22)18-9-3-2-4-10-18/h2-6,8-13,16H,7,15H2,1H3/t16-/m0/s1. The van der Waals surface area contributed by atoms with Gasteiger partial charge in [-0.3, -0.25) is 4.79 Å². The number of nitrogens with zero attached hydrogens (tertiary/aromatic N) is 3. The Labute approximate surface area is 157 Å². The van der Waals surface area contributed by atoms with Gasteiger partial charge >= 0.3 is 0 Å². The van der Waals surface area contributed by atoms with Crippen molar-refractivity contribution in [1.82, 2.24) is 4.98 Å². The lowest BCUT2D eigenvalue weighted by Gasteiger charge is -2.24. The average Bonchev–Trinajstić information content (AvgIpc) is 2.69. The summed E-state index contributed by atoms with van der Waals surface area (Å²) in [6.07, 6.45) is 0.298. The zero-order valence-electron chi connectivity index (χ0n) is 14.5. The van der Waals surface area contributed by atoms with Crippen molar-refractivity contribution >= 4 is 34.3 Å². The van der Waals surface area contributed by atoms with Crippen LogP contribution < -0.4 is 4.90 Å².